The van der Waals surface area contributed by atoms with Crippen LogP contribution in [0.4, 0.5) is 5.69 Å². The van der Waals surface area contributed by atoms with E-state index in [1.165, 1.54) is 6.08 Å². The molecule has 2 aliphatic rings. The monoisotopic (exact) mass is 455 g/mol. The minimum absolute atomic E-state index is 0.0225. The van der Waals surface area contributed by atoms with E-state index in [9.17, 15) is 19.2 Å². The van der Waals surface area contributed by atoms with Crippen molar-refractivity contribution >= 4 is 29.3 Å². The molecule has 2 fully saturated rings. The normalized spacial score (nSPS) is 23.2. The first kappa shape index (κ1) is 24.4. The quantitative estimate of drug-likeness (QED) is 0.437. The molecular formula is C24H33N5O4. The Morgan fingerprint density at radius 1 is 1.21 bits per heavy atom. The Labute approximate surface area is 194 Å². The van der Waals surface area contributed by atoms with Gasteiger partial charge in [0.1, 0.15) is 12.1 Å². The van der Waals surface area contributed by atoms with E-state index < -0.39 is 18.1 Å². The van der Waals surface area contributed by atoms with Crippen LogP contribution in [-0.4, -0.2) is 59.7 Å². The van der Waals surface area contributed by atoms with E-state index in [1.54, 1.807) is 37.1 Å². The molecule has 2 aliphatic heterocycles. The van der Waals surface area contributed by atoms with Crippen LogP contribution in [-0.2, 0) is 25.7 Å². The summed E-state index contributed by atoms with van der Waals surface area (Å²) >= 11 is 0. The third-order valence-electron chi connectivity index (χ3n) is 6.38. The number of nitrogens with one attached hydrogen (secondary N) is 4. The Morgan fingerprint density at radius 3 is 2.73 bits per heavy atom. The second-order valence-corrected chi connectivity index (χ2v) is 8.61. The molecule has 0 aliphatic carbocycles. The number of benzene rings is 1. The molecule has 9 nitrogen and oxygen atoms in total. The molecule has 0 spiro atoms. The number of hydrogen-bond acceptors (Lipinski definition) is 5. The summed E-state index contributed by atoms with van der Waals surface area (Å²) in [6, 6.07) is 5.65. The van der Waals surface area contributed by atoms with Crippen LogP contribution in [0.2, 0.25) is 0 Å². The maximum Gasteiger partial charge on any atom is 0.247 e. The third-order valence-corrected chi connectivity index (χ3v) is 6.38. The van der Waals surface area contributed by atoms with Gasteiger partial charge in [-0.15, -0.1) is 0 Å². The molecule has 2 heterocycles. The van der Waals surface area contributed by atoms with Gasteiger partial charge in [-0.3, -0.25) is 19.2 Å². The highest BCUT2D eigenvalue weighted by Gasteiger charge is 2.44. The van der Waals surface area contributed by atoms with E-state index in [2.05, 4.69) is 27.8 Å². The summed E-state index contributed by atoms with van der Waals surface area (Å²) in [6.07, 6.45) is 4.80. The van der Waals surface area contributed by atoms with Crippen molar-refractivity contribution < 1.29 is 19.2 Å². The average Bonchev–Trinajstić information content (AvgIpc) is 3.18. The summed E-state index contributed by atoms with van der Waals surface area (Å²) in [5, 5.41) is 11.4. The SMILES string of the molecule is C=CC(=O)Nc1cccc(CNC(=O)[C@@H]2CCC3CCC[C@H](NC(=O)[C@H](C)NC)C(=O)N32)c1. The van der Waals surface area contributed by atoms with Crippen molar-refractivity contribution in [3.05, 3.63) is 42.5 Å². The first-order chi connectivity index (χ1) is 15.8. The molecule has 4 atom stereocenters. The van der Waals surface area contributed by atoms with Gasteiger partial charge in [-0.05, 0) is 69.8 Å². The van der Waals surface area contributed by atoms with Crippen LogP contribution in [0.15, 0.2) is 36.9 Å². The Balaban J connectivity index is 1.64. The molecule has 1 unspecified atom stereocenters. The summed E-state index contributed by atoms with van der Waals surface area (Å²) in [4.78, 5) is 51.9. The van der Waals surface area contributed by atoms with E-state index >= 15 is 0 Å². The molecule has 4 N–H and O–H groups in total. The van der Waals surface area contributed by atoms with E-state index in [4.69, 9.17) is 0 Å². The van der Waals surface area contributed by atoms with Crippen LogP contribution < -0.4 is 21.3 Å². The summed E-state index contributed by atoms with van der Waals surface area (Å²) in [7, 11) is 1.69. The van der Waals surface area contributed by atoms with Crippen LogP contribution in [0.25, 0.3) is 0 Å². The van der Waals surface area contributed by atoms with Gasteiger partial charge in [0.2, 0.25) is 23.6 Å². The lowest BCUT2D eigenvalue weighted by Gasteiger charge is -2.31. The molecule has 33 heavy (non-hydrogen) atoms. The van der Waals surface area contributed by atoms with Crippen LogP contribution in [0.3, 0.4) is 0 Å². The number of anilines is 1. The highest BCUT2D eigenvalue weighted by molar-refractivity contribution is 5.99. The number of hydrogen-bond donors (Lipinski definition) is 4. The summed E-state index contributed by atoms with van der Waals surface area (Å²) in [5.74, 6) is -0.917. The predicted molar refractivity (Wildman–Crippen MR) is 125 cm³/mol. The second-order valence-electron chi connectivity index (χ2n) is 8.61. The van der Waals surface area contributed by atoms with E-state index in [-0.39, 0.29) is 36.2 Å². The lowest BCUT2D eigenvalue weighted by Crippen LogP contribution is -2.56. The molecule has 3 rings (SSSR count). The lowest BCUT2D eigenvalue weighted by molar-refractivity contribution is -0.142. The van der Waals surface area contributed by atoms with Gasteiger partial charge in [-0.25, -0.2) is 0 Å². The van der Waals surface area contributed by atoms with Crippen molar-refractivity contribution in [1.29, 1.82) is 0 Å². The van der Waals surface area contributed by atoms with Gasteiger partial charge in [0, 0.05) is 18.3 Å². The summed E-state index contributed by atoms with van der Waals surface area (Å²) < 4.78 is 0. The van der Waals surface area contributed by atoms with Crippen molar-refractivity contribution in [1.82, 2.24) is 20.9 Å². The lowest BCUT2D eigenvalue weighted by atomic mass is 10.1. The van der Waals surface area contributed by atoms with Gasteiger partial charge in [-0.2, -0.15) is 0 Å². The molecule has 0 saturated carbocycles. The Morgan fingerprint density at radius 2 is 2.00 bits per heavy atom. The van der Waals surface area contributed by atoms with Crippen molar-refractivity contribution in [3.63, 3.8) is 0 Å². The zero-order valence-electron chi connectivity index (χ0n) is 19.2. The highest BCUT2D eigenvalue weighted by atomic mass is 16.2. The average molecular weight is 456 g/mol. The number of rotatable bonds is 8. The molecular weight excluding hydrogens is 422 g/mol. The molecule has 1 aromatic carbocycles. The Bertz CT molecular complexity index is 918. The molecule has 2 saturated heterocycles. The van der Waals surface area contributed by atoms with Gasteiger partial charge in [0.25, 0.3) is 0 Å². The van der Waals surface area contributed by atoms with Crippen LogP contribution in [0.5, 0.6) is 0 Å². The second kappa shape index (κ2) is 11.1. The Kier molecular flexibility index (Phi) is 8.21. The van der Waals surface area contributed by atoms with Crippen molar-refractivity contribution in [3.8, 4) is 0 Å². The summed E-state index contributed by atoms with van der Waals surface area (Å²) in [5.41, 5.74) is 1.44. The third kappa shape index (κ3) is 5.98. The zero-order valence-corrected chi connectivity index (χ0v) is 19.2. The Hall–Kier alpha value is -3.20. The molecule has 0 radical (unpaired) electrons. The zero-order chi connectivity index (χ0) is 24.0. The predicted octanol–water partition coefficient (Wildman–Crippen LogP) is 1.06. The maximum absolute atomic E-state index is 13.3. The molecule has 0 aromatic heterocycles. The highest BCUT2D eigenvalue weighted by Crippen LogP contribution is 2.32. The number of fused-ring (bicyclic) bond motifs is 1. The number of nitrogens with zero attached hydrogens (tertiary/aromatic N) is 1. The van der Waals surface area contributed by atoms with Crippen molar-refractivity contribution in [2.45, 2.75) is 69.7 Å². The fourth-order valence-corrected chi connectivity index (χ4v) is 4.44. The van der Waals surface area contributed by atoms with Crippen molar-refractivity contribution in [2.24, 2.45) is 0 Å². The van der Waals surface area contributed by atoms with Gasteiger partial charge in [0.05, 0.1) is 6.04 Å². The number of carbonyl (C=O) groups is 4. The standard InChI is InChI=1S/C24H33N5O4/c1-4-21(30)27-17-8-5-7-16(13-17)14-26-23(32)20-12-11-18-9-6-10-19(24(33)29(18)20)28-22(31)15(2)25-3/h4-5,7-8,13,15,18-20,25H,1,6,9-12,14H2,2-3H3,(H,26,32)(H,27,30)(H,28,31)/t15-,18?,19-,20-/m0/s1. The number of carbonyl (C=O) groups excluding carboxylic acids is 4. The van der Waals surface area contributed by atoms with Crippen LogP contribution in [0, 0.1) is 0 Å². The van der Waals surface area contributed by atoms with E-state index in [1.807, 2.05) is 6.07 Å². The maximum atomic E-state index is 13.3. The van der Waals surface area contributed by atoms with Crippen LogP contribution >= 0.6 is 0 Å². The molecule has 4 amide bonds. The first-order valence-electron chi connectivity index (χ1n) is 11.4. The van der Waals surface area contributed by atoms with Gasteiger partial charge in [-0.1, -0.05) is 18.7 Å². The minimum atomic E-state index is -0.614. The summed E-state index contributed by atoms with van der Waals surface area (Å²) in [6.45, 7) is 5.45. The van der Waals surface area contributed by atoms with Gasteiger partial charge < -0.3 is 26.2 Å². The molecule has 0 bridgehead atoms. The smallest absolute Gasteiger partial charge is 0.247 e. The number of amides is 4. The fourth-order valence-electron chi connectivity index (χ4n) is 4.44. The first-order valence-corrected chi connectivity index (χ1v) is 11.4. The van der Waals surface area contributed by atoms with Crippen LogP contribution in [0.1, 0.15) is 44.6 Å². The topological polar surface area (TPSA) is 120 Å². The fraction of sp³-hybridized carbons (Fsp3) is 0.500. The largest absolute Gasteiger partial charge is 0.350 e. The van der Waals surface area contributed by atoms with Crippen molar-refractivity contribution in [2.75, 3.05) is 12.4 Å². The van der Waals surface area contributed by atoms with Gasteiger partial charge >= 0.3 is 0 Å². The van der Waals surface area contributed by atoms with E-state index in [0.29, 0.717) is 18.5 Å². The molecule has 1 aromatic rings. The minimum Gasteiger partial charge on any atom is -0.350 e. The van der Waals surface area contributed by atoms with E-state index in [0.717, 1.165) is 24.8 Å². The molecule has 9 heteroatoms. The molecule has 178 valence electrons. The van der Waals surface area contributed by atoms with Gasteiger partial charge in [0.15, 0.2) is 0 Å². The number of likely N-dealkylation sites (N-methyl/N-ethyl adjacent to an activating group) is 1.